The third-order valence-corrected chi connectivity index (χ3v) is 13.1. The first-order chi connectivity index (χ1) is 16.3. The van der Waals surface area contributed by atoms with Gasteiger partial charge in [-0.05, 0) is 62.6 Å². The van der Waals surface area contributed by atoms with Crippen LogP contribution in [0.1, 0.15) is 49.3 Å². The summed E-state index contributed by atoms with van der Waals surface area (Å²) < 4.78 is 29.3. The number of fused-ring (bicyclic) bond motifs is 3. The highest BCUT2D eigenvalue weighted by atomic mass is 32.2. The molecule has 1 unspecified atom stereocenters. The van der Waals surface area contributed by atoms with Gasteiger partial charge in [0.1, 0.15) is 4.90 Å². The molecule has 0 fully saturated rings. The molecule has 8 heteroatoms. The first kappa shape index (κ1) is 24.3. The van der Waals surface area contributed by atoms with Crippen molar-refractivity contribution in [1.29, 1.82) is 0 Å². The van der Waals surface area contributed by atoms with Crippen LogP contribution in [-0.4, -0.2) is 15.0 Å². The summed E-state index contributed by atoms with van der Waals surface area (Å²) in [5, 5.41) is 0. The van der Waals surface area contributed by atoms with Crippen molar-refractivity contribution in [1.82, 2.24) is 0 Å². The van der Waals surface area contributed by atoms with E-state index in [1.807, 2.05) is 24.3 Å². The van der Waals surface area contributed by atoms with Crippen LogP contribution in [0.4, 0.5) is 5.69 Å². The van der Waals surface area contributed by atoms with E-state index in [4.69, 9.17) is 0 Å². The molecule has 0 aromatic carbocycles. The summed E-state index contributed by atoms with van der Waals surface area (Å²) in [5.41, 5.74) is 0.867. The molecule has 0 N–H and O–H groups in total. The van der Waals surface area contributed by atoms with Crippen LogP contribution in [-0.2, 0) is 10.0 Å². The summed E-state index contributed by atoms with van der Waals surface area (Å²) in [7, 11) is -3.55. The topological polar surface area (TPSA) is 37.4 Å². The fraction of sp³-hybridized carbons (Fsp3) is 0.385. The molecule has 0 bridgehead atoms. The highest BCUT2D eigenvalue weighted by Crippen LogP contribution is 2.54. The van der Waals surface area contributed by atoms with E-state index in [0.717, 1.165) is 50.9 Å². The van der Waals surface area contributed by atoms with Crippen molar-refractivity contribution in [2.45, 2.75) is 58.3 Å². The molecule has 0 saturated heterocycles. The van der Waals surface area contributed by atoms with E-state index >= 15 is 0 Å². The second kappa shape index (κ2) is 9.54. The number of rotatable bonds is 8. The smallest absolute Gasteiger partial charge is 0.264 e. The summed E-state index contributed by atoms with van der Waals surface area (Å²) in [6.07, 6.45) is 4.32. The molecule has 5 rings (SSSR count). The van der Waals surface area contributed by atoms with Crippen LogP contribution in [0.5, 0.6) is 0 Å². The molecule has 3 nitrogen and oxygen atoms in total. The number of unbranched alkanes of at least 4 members (excludes halogenated alkanes) is 1. The van der Waals surface area contributed by atoms with Crippen molar-refractivity contribution in [3.05, 3.63) is 46.2 Å². The fourth-order valence-electron chi connectivity index (χ4n) is 4.46. The van der Waals surface area contributed by atoms with Crippen molar-refractivity contribution in [2.24, 2.45) is 5.92 Å². The Kier molecular flexibility index (Phi) is 6.81. The Bertz CT molecular complexity index is 1420. The summed E-state index contributed by atoms with van der Waals surface area (Å²) >= 11 is 6.94. The summed E-state index contributed by atoms with van der Waals surface area (Å²) in [6, 6.07) is 12.7. The number of sulfonamides is 1. The summed E-state index contributed by atoms with van der Waals surface area (Å²) in [6.45, 7) is 9.06. The fourth-order valence-corrected chi connectivity index (χ4v) is 11.1. The zero-order valence-corrected chi connectivity index (χ0v) is 24.0. The monoisotopic (exact) mass is 547 g/mol. The molecular formula is C26H29NO2S5. The first-order valence-electron chi connectivity index (χ1n) is 11.8. The number of nitrogens with zero attached hydrogens (tertiary/aromatic N) is 1. The molecule has 0 spiro atoms. The van der Waals surface area contributed by atoms with Crippen molar-refractivity contribution in [3.8, 4) is 29.3 Å². The molecule has 1 aliphatic rings. The van der Waals surface area contributed by atoms with Crippen molar-refractivity contribution in [2.75, 3.05) is 10.8 Å². The Morgan fingerprint density at radius 3 is 2.21 bits per heavy atom. The SMILES string of the molecule is CCCCC(CC)CN1c2cc(-c3ccc(-c4ccc(C)s4)s3)sc2-c2sc(C)cc2S1(=O)=O. The summed E-state index contributed by atoms with van der Waals surface area (Å²) in [5.74, 6) is 0.364. The predicted octanol–water partition coefficient (Wildman–Crippen LogP) is 9.28. The molecule has 1 aliphatic heterocycles. The van der Waals surface area contributed by atoms with Gasteiger partial charge in [-0.1, -0.05) is 33.1 Å². The van der Waals surface area contributed by atoms with Gasteiger partial charge in [0.25, 0.3) is 10.0 Å². The Balaban J connectivity index is 1.58. The van der Waals surface area contributed by atoms with Crippen LogP contribution in [0, 0.1) is 19.8 Å². The van der Waals surface area contributed by atoms with Gasteiger partial charge >= 0.3 is 0 Å². The largest absolute Gasteiger partial charge is 0.265 e. The molecule has 1 atom stereocenters. The summed E-state index contributed by atoms with van der Waals surface area (Å²) in [4.78, 5) is 9.76. The van der Waals surface area contributed by atoms with E-state index in [0.29, 0.717) is 17.4 Å². The molecule has 0 aliphatic carbocycles. The quantitative estimate of drug-likeness (QED) is 0.220. The minimum absolute atomic E-state index is 0.364. The van der Waals surface area contributed by atoms with E-state index in [2.05, 4.69) is 51.1 Å². The minimum atomic E-state index is -3.55. The molecule has 0 saturated carbocycles. The normalized spacial score (nSPS) is 15.4. The van der Waals surface area contributed by atoms with Gasteiger partial charge in [-0.2, -0.15) is 0 Å². The molecule has 4 aromatic rings. The zero-order chi connectivity index (χ0) is 24.0. The van der Waals surface area contributed by atoms with E-state index < -0.39 is 10.0 Å². The maximum Gasteiger partial charge on any atom is 0.265 e. The average Bonchev–Trinajstić information content (AvgIpc) is 3.58. The van der Waals surface area contributed by atoms with Gasteiger partial charge in [0.15, 0.2) is 0 Å². The third kappa shape index (κ3) is 4.32. The maximum atomic E-state index is 13.8. The van der Waals surface area contributed by atoms with Gasteiger partial charge in [-0.3, -0.25) is 4.31 Å². The van der Waals surface area contributed by atoms with Crippen molar-refractivity contribution in [3.63, 3.8) is 0 Å². The number of thiophene rings is 4. The van der Waals surface area contributed by atoms with Crippen molar-refractivity contribution < 1.29 is 8.42 Å². The second-order valence-electron chi connectivity index (χ2n) is 8.90. The highest BCUT2D eigenvalue weighted by Gasteiger charge is 2.39. The highest BCUT2D eigenvalue weighted by molar-refractivity contribution is 7.93. The van der Waals surface area contributed by atoms with Crippen LogP contribution >= 0.6 is 45.3 Å². The molecule has 5 heterocycles. The van der Waals surface area contributed by atoms with E-state index in [1.54, 1.807) is 38.3 Å². The minimum Gasteiger partial charge on any atom is -0.264 e. The first-order valence-corrected chi connectivity index (χ1v) is 16.5. The molecule has 4 aromatic heterocycles. The lowest BCUT2D eigenvalue weighted by Gasteiger charge is -2.31. The molecule has 34 heavy (non-hydrogen) atoms. The standard InChI is InChI=1S/C26H29NO2S5/c1-5-7-8-18(6-2)15-27-19-14-23(22-12-11-21(32-22)20-10-9-16(3)30-20)33-25(19)26-24(34(27,28)29)13-17(4)31-26/h9-14,18H,5-8,15H2,1-4H3. The molecular weight excluding hydrogens is 519 g/mol. The molecule has 0 amide bonds. The number of anilines is 1. The number of hydrogen-bond acceptors (Lipinski definition) is 6. The van der Waals surface area contributed by atoms with Crippen LogP contribution in [0.2, 0.25) is 0 Å². The van der Waals surface area contributed by atoms with Gasteiger partial charge in [0.05, 0.1) is 15.4 Å². The Morgan fingerprint density at radius 1 is 0.824 bits per heavy atom. The predicted molar refractivity (Wildman–Crippen MR) is 152 cm³/mol. The lowest BCUT2D eigenvalue weighted by Crippen LogP contribution is -2.37. The maximum absolute atomic E-state index is 13.8. The third-order valence-electron chi connectivity index (χ3n) is 6.38. The van der Waals surface area contributed by atoms with Crippen LogP contribution < -0.4 is 4.31 Å². The average molecular weight is 548 g/mol. The van der Waals surface area contributed by atoms with Gasteiger partial charge in [0, 0.05) is 35.8 Å². The second-order valence-corrected chi connectivity index (χ2v) is 15.4. The lowest BCUT2D eigenvalue weighted by atomic mass is 9.99. The van der Waals surface area contributed by atoms with Crippen molar-refractivity contribution >= 4 is 61.1 Å². The van der Waals surface area contributed by atoms with Gasteiger partial charge in [0.2, 0.25) is 0 Å². The van der Waals surface area contributed by atoms with E-state index in [1.165, 1.54) is 19.5 Å². The Morgan fingerprint density at radius 2 is 1.53 bits per heavy atom. The van der Waals surface area contributed by atoms with E-state index in [9.17, 15) is 8.42 Å². The van der Waals surface area contributed by atoms with Gasteiger partial charge in [-0.15, -0.1) is 45.3 Å². The van der Waals surface area contributed by atoms with Gasteiger partial charge in [-0.25, -0.2) is 8.42 Å². The molecule has 180 valence electrons. The van der Waals surface area contributed by atoms with Crippen LogP contribution in [0.25, 0.3) is 29.3 Å². The zero-order valence-electron chi connectivity index (χ0n) is 19.9. The Labute approximate surface area is 218 Å². The lowest BCUT2D eigenvalue weighted by molar-refractivity contribution is 0.459. The van der Waals surface area contributed by atoms with Crippen LogP contribution in [0.15, 0.2) is 41.3 Å². The number of aryl methyl sites for hydroxylation is 2. The van der Waals surface area contributed by atoms with E-state index in [-0.39, 0.29) is 0 Å². The Hall–Kier alpha value is -1.45. The molecule has 0 radical (unpaired) electrons. The van der Waals surface area contributed by atoms with Crippen LogP contribution in [0.3, 0.4) is 0 Å². The number of hydrogen-bond donors (Lipinski definition) is 0. The van der Waals surface area contributed by atoms with Gasteiger partial charge < -0.3 is 0 Å².